The van der Waals surface area contributed by atoms with Crippen LogP contribution in [0.1, 0.15) is 0 Å². The zero-order valence-electron chi connectivity index (χ0n) is 23.0. The van der Waals surface area contributed by atoms with Crippen molar-refractivity contribution in [2.75, 3.05) is 0 Å². The van der Waals surface area contributed by atoms with Gasteiger partial charge in [0.05, 0.1) is 0 Å². The van der Waals surface area contributed by atoms with Crippen LogP contribution in [0.25, 0.3) is 67.5 Å². The quantitative estimate of drug-likeness (QED) is 0.186. The van der Waals surface area contributed by atoms with Crippen LogP contribution in [0.5, 0.6) is 0 Å². The second kappa shape index (κ2) is 11.9. The maximum atomic E-state index is 4.93. The molecule has 7 aromatic rings. The summed E-state index contributed by atoms with van der Waals surface area (Å²) in [5, 5.41) is 0. The van der Waals surface area contributed by atoms with Crippen molar-refractivity contribution in [1.29, 1.82) is 0 Å². The standard InChI is InChI=1S/C37H24BrN5/c38-34-7-1-4-31(22-34)25-8-14-28(15-9-25)35-41-36(29-16-10-26(11-17-29)32-5-2-20-39-23-32)43-37(42-35)30-18-12-27(13-19-30)33-6-3-21-40-24-33/h1-24H. The summed E-state index contributed by atoms with van der Waals surface area (Å²) in [5.74, 6) is 1.85. The minimum absolute atomic E-state index is 0.616. The first-order chi connectivity index (χ1) is 21.2. The average molecular weight is 619 g/mol. The van der Waals surface area contributed by atoms with E-state index in [0.717, 1.165) is 54.5 Å². The molecule has 5 nitrogen and oxygen atoms in total. The molecule has 3 heterocycles. The maximum Gasteiger partial charge on any atom is 0.164 e. The molecule has 0 aliphatic rings. The lowest BCUT2D eigenvalue weighted by Gasteiger charge is -2.10. The first-order valence-corrected chi connectivity index (χ1v) is 14.6. The molecule has 0 saturated carbocycles. The minimum Gasteiger partial charge on any atom is -0.264 e. The molecule has 0 amide bonds. The van der Waals surface area contributed by atoms with Crippen molar-refractivity contribution in [3.63, 3.8) is 0 Å². The first-order valence-electron chi connectivity index (χ1n) is 13.8. The van der Waals surface area contributed by atoms with Crippen molar-refractivity contribution in [3.8, 4) is 67.5 Å². The second-order valence-electron chi connectivity index (χ2n) is 10.0. The fourth-order valence-corrected chi connectivity index (χ4v) is 5.33. The van der Waals surface area contributed by atoms with Crippen LogP contribution in [-0.4, -0.2) is 24.9 Å². The molecule has 0 radical (unpaired) electrons. The number of hydrogen-bond acceptors (Lipinski definition) is 5. The Balaban J connectivity index is 1.28. The highest BCUT2D eigenvalue weighted by Crippen LogP contribution is 2.30. The molecule has 0 saturated heterocycles. The number of halogens is 1. The van der Waals surface area contributed by atoms with E-state index < -0.39 is 0 Å². The third-order valence-corrected chi connectivity index (χ3v) is 7.71. The molecule has 0 fully saturated rings. The highest BCUT2D eigenvalue weighted by molar-refractivity contribution is 9.10. The molecule has 4 aromatic carbocycles. The molecule has 0 spiro atoms. The molecule has 0 aliphatic carbocycles. The van der Waals surface area contributed by atoms with E-state index in [9.17, 15) is 0 Å². The number of aromatic nitrogens is 5. The fourth-order valence-electron chi connectivity index (χ4n) is 4.93. The summed E-state index contributed by atoms with van der Waals surface area (Å²) in [7, 11) is 0. The number of benzene rings is 4. The van der Waals surface area contributed by atoms with E-state index in [1.807, 2.05) is 73.1 Å². The predicted octanol–water partition coefficient (Wildman–Crippen LogP) is 9.43. The lowest BCUT2D eigenvalue weighted by atomic mass is 10.0. The Morgan fingerprint density at radius 3 is 1.09 bits per heavy atom. The first kappa shape index (κ1) is 26.6. The van der Waals surface area contributed by atoms with Crippen molar-refractivity contribution in [2.45, 2.75) is 0 Å². The monoisotopic (exact) mass is 617 g/mol. The van der Waals surface area contributed by atoms with Gasteiger partial charge in [0.1, 0.15) is 0 Å². The normalized spacial score (nSPS) is 10.9. The Kier molecular flexibility index (Phi) is 7.34. The number of pyridine rings is 2. The Bertz CT molecular complexity index is 1890. The SMILES string of the molecule is Brc1cccc(-c2ccc(-c3nc(-c4ccc(-c5cccnc5)cc4)nc(-c4ccc(-c5cccnc5)cc4)n3)cc2)c1. The van der Waals surface area contributed by atoms with Crippen LogP contribution in [0.2, 0.25) is 0 Å². The Hall–Kier alpha value is -5.33. The number of nitrogens with zero attached hydrogens (tertiary/aromatic N) is 5. The third kappa shape index (κ3) is 5.87. The van der Waals surface area contributed by atoms with Crippen LogP contribution < -0.4 is 0 Å². The van der Waals surface area contributed by atoms with E-state index in [4.69, 9.17) is 15.0 Å². The van der Waals surface area contributed by atoms with E-state index in [2.05, 4.69) is 86.6 Å². The van der Waals surface area contributed by atoms with E-state index in [1.54, 1.807) is 12.4 Å². The minimum atomic E-state index is 0.616. The van der Waals surface area contributed by atoms with Crippen molar-refractivity contribution >= 4 is 15.9 Å². The summed E-state index contributed by atoms with van der Waals surface area (Å²) in [5.41, 5.74) is 9.29. The topological polar surface area (TPSA) is 64.5 Å². The summed E-state index contributed by atoms with van der Waals surface area (Å²) < 4.78 is 1.05. The van der Waals surface area contributed by atoms with E-state index in [-0.39, 0.29) is 0 Å². The van der Waals surface area contributed by atoms with E-state index in [0.29, 0.717) is 17.5 Å². The second-order valence-corrected chi connectivity index (χ2v) is 10.9. The van der Waals surface area contributed by atoms with Crippen LogP contribution in [0.4, 0.5) is 0 Å². The van der Waals surface area contributed by atoms with Gasteiger partial charge in [0.25, 0.3) is 0 Å². The maximum absolute atomic E-state index is 4.93. The zero-order valence-corrected chi connectivity index (χ0v) is 24.6. The fraction of sp³-hybridized carbons (Fsp3) is 0. The molecule has 43 heavy (non-hydrogen) atoms. The van der Waals surface area contributed by atoms with Gasteiger partial charge in [0.15, 0.2) is 17.5 Å². The molecular weight excluding hydrogens is 594 g/mol. The van der Waals surface area contributed by atoms with Crippen LogP contribution in [-0.2, 0) is 0 Å². The van der Waals surface area contributed by atoms with Gasteiger partial charge in [-0.25, -0.2) is 15.0 Å². The number of rotatable bonds is 6. The molecule has 0 aliphatic heterocycles. The van der Waals surface area contributed by atoms with E-state index in [1.165, 1.54) is 0 Å². The third-order valence-electron chi connectivity index (χ3n) is 7.21. The van der Waals surface area contributed by atoms with Crippen molar-refractivity contribution in [2.24, 2.45) is 0 Å². The lowest BCUT2D eigenvalue weighted by Crippen LogP contribution is -2.00. The van der Waals surface area contributed by atoms with Crippen molar-refractivity contribution < 1.29 is 0 Å². The van der Waals surface area contributed by atoms with Gasteiger partial charge in [-0.05, 0) is 57.6 Å². The van der Waals surface area contributed by atoms with Crippen LogP contribution in [0.3, 0.4) is 0 Å². The molecule has 7 rings (SSSR count). The Morgan fingerprint density at radius 2 is 0.721 bits per heavy atom. The molecule has 204 valence electrons. The van der Waals surface area contributed by atoms with E-state index >= 15 is 0 Å². The molecule has 3 aromatic heterocycles. The molecule has 0 bridgehead atoms. The van der Waals surface area contributed by atoms with Gasteiger partial charge in [-0.2, -0.15) is 0 Å². The Morgan fingerprint density at radius 1 is 0.349 bits per heavy atom. The summed E-state index contributed by atoms with van der Waals surface area (Å²) in [4.78, 5) is 23.3. The van der Waals surface area contributed by atoms with Crippen molar-refractivity contribution in [3.05, 3.63) is 151 Å². The van der Waals surface area contributed by atoms with Crippen molar-refractivity contribution in [1.82, 2.24) is 24.9 Å². The molecule has 0 unspecified atom stereocenters. The smallest absolute Gasteiger partial charge is 0.164 e. The average Bonchev–Trinajstić information content (AvgIpc) is 3.09. The van der Waals surface area contributed by atoms with Gasteiger partial charge < -0.3 is 0 Å². The van der Waals surface area contributed by atoms with Gasteiger partial charge in [-0.1, -0.05) is 113 Å². The molecule has 6 heteroatoms. The number of hydrogen-bond donors (Lipinski definition) is 0. The summed E-state index contributed by atoms with van der Waals surface area (Å²) in [6.07, 6.45) is 7.28. The Labute approximate surface area is 258 Å². The zero-order chi connectivity index (χ0) is 29.0. The van der Waals surface area contributed by atoms with Gasteiger partial charge >= 0.3 is 0 Å². The van der Waals surface area contributed by atoms with Gasteiger partial charge in [0.2, 0.25) is 0 Å². The summed E-state index contributed by atoms with van der Waals surface area (Å²) in [6, 6.07) is 41.1. The highest BCUT2D eigenvalue weighted by atomic mass is 79.9. The highest BCUT2D eigenvalue weighted by Gasteiger charge is 2.13. The van der Waals surface area contributed by atoms with Gasteiger partial charge in [0, 0.05) is 46.0 Å². The van der Waals surface area contributed by atoms with Crippen LogP contribution in [0, 0.1) is 0 Å². The van der Waals surface area contributed by atoms with Crippen LogP contribution >= 0.6 is 15.9 Å². The van der Waals surface area contributed by atoms with Crippen LogP contribution in [0.15, 0.2) is 151 Å². The summed E-state index contributed by atoms with van der Waals surface area (Å²) >= 11 is 3.57. The predicted molar refractivity (Wildman–Crippen MR) is 176 cm³/mol. The summed E-state index contributed by atoms with van der Waals surface area (Å²) in [6.45, 7) is 0. The molecular formula is C37H24BrN5. The van der Waals surface area contributed by atoms with Gasteiger partial charge in [-0.15, -0.1) is 0 Å². The largest absolute Gasteiger partial charge is 0.264 e. The van der Waals surface area contributed by atoms with Gasteiger partial charge in [-0.3, -0.25) is 9.97 Å². The molecule has 0 atom stereocenters. The molecule has 0 N–H and O–H groups in total. The lowest BCUT2D eigenvalue weighted by molar-refractivity contribution is 1.07.